The topological polar surface area (TPSA) is 90.5 Å². The van der Waals surface area contributed by atoms with Gasteiger partial charge < -0.3 is 10.5 Å². The van der Waals surface area contributed by atoms with E-state index in [1.165, 1.54) is 18.5 Å². The van der Waals surface area contributed by atoms with Crippen molar-refractivity contribution in [3.8, 4) is 0 Å². The van der Waals surface area contributed by atoms with Crippen molar-refractivity contribution in [1.82, 2.24) is 9.97 Å². The van der Waals surface area contributed by atoms with E-state index in [2.05, 4.69) is 15.0 Å². The van der Waals surface area contributed by atoms with E-state index in [9.17, 15) is 9.18 Å². The van der Waals surface area contributed by atoms with E-state index in [1.54, 1.807) is 19.1 Å². The smallest absolute Gasteiger partial charge is 0.204 e. The van der Waals surface area contributed by atoms with Crippen LogP contribution >= 0.6 is 11.6 Å². The van der Waals surface area contributed by atoms with E-state index < -0.39 is 11.4 Å². The van der Waals surface area contributed by atoms with Gasteiger partial charge in [0.25, 0.3) is 0 Å². The highest BCUT2D eigenvalue weighted by atomic mass is 35.5. The third-order valence-corrected chi connectivity index (χ3v) is 4.06. The van der Waals surface area contributed by atoms with Gasteiger partial charge in [0.15, 0.2) is 5.82 Å². The van der Waals surface area contributed by atoms with Gasteiger partial charge in [-0.3, -0.25) is 9.79 Å². The maximum absolute atomic E-state index is 14.3. The molecule has 6 nitrogen and oxygen atoms in total. The first-order valence-electron chi connectivity index (χ1n) is 7.59. The molecule has 0 bridgehead atoms. The summed E-state index contributed by atoms with van der Waals surface area (Å²) >= 11 is 5.72. The fourth-order valence-electron chi connectivity index (χ4n) is 2.69. The lowest BCUT2D eigenvalue weighted by Gasteiger charge is -2.30. The number of hydrogen-bond acceptors (Lipinski definition) is 6. The summed E-state index contributed by atoms with van der Waals surface area (Å²) in [5.41, 5.74) is 5.75. The molecule has 0 radical (unpaired) electrons. The molecule has 25 heavy (non-hydrogen) atoms. The number of carbonyl (C=O) groups excluding carboxylic acids is 1. The van der Waals surface area contributed by atoms with E-state index in [0.29, 0.717) is 22.0 Å². The molecule has 0 aliphatic carbocycles. The van der Waals surface area contributed by atoms with Crippen molar-refractivity contribution in [1.29, 1.82) is 0 Å². The number of halogens is 2. The fourth-order valence-corrected chi connectivity index (χ4v) is 2.79. The molecule has 3 rings (SSSR count). The molecule has 1 aliphatic rings. The Morgan fingerprint density at radius 3 is 2.80 bits per heavy atom. The highest BCUT2D eigenvalue weighted by Gasteiger charge is 2.33. The number of aliphatic imine (C=N–C) groups is 1. The molecule has 1 aliphatic heterocycles. The van der Waals surface area contributed by atoms with Gasteiger partial charge in [0.05, 0.1) is 11.6 Å². The molecule has 1 aromatic heterocycles. The normalized spacial score (nSPS) is 20.2. The second kappa shape index (κ2) is 6.85. The van der Waals surface area contributed by atoms with Crippen molar-refractivity contribution in [2.24, 2.45) is 10.7 Å². The SMILES string of the molecule is C[C@@]1(c2cc(CC(=O)c3ncc(Cl)cn3)ccc2F)COCC(N)=N1. The van der Waals surface area contributed by atoms with Crippen LogP contribution in [0.4, 0.5) is 4.39 Å². The molecule has 2 heterocycles. The molecule has 2 N–H and O–H groups in total. The molecule has 0 fully saturated rings. The van der Waals surface area contributed by atoms with Gasteiger partial charge in [0, 0.05) is 24.4 Å². The zero-order valence-electron chi connectivity index (χ0n) is 13.5. The number of ether oxygens (including phenoxy) is 1. The van der Waals surface area contributed by atoms with Gasteiger partial charge in [-0.15, -0.1) is 0 Å². The predicted octanol–water partition coefficient (Wildman–Crippen LogP) is 2.30. The number of carbonyl (C=O) groups is 1. The van der Waals surface area contributed by atoms with Crippen molar-refractivity contribution >= 4 is 23.2 Å². The van der Waals surface area contributed by atoms with Crippen molar-refractivity contribution in [2.45, 2.75) is 18.9 Å². The number of benzene rings is 1. The van der Waals surface area contributed by atoms with Gasteiger partial charge >= 0.3 is 0 Å². The quantitative estimate of drug-likeness (QED) is 0.843. The predicted molar refractivity (Wildman–Crippen MR) is 91.3 cm³/mol. The van der Waals surface area contributed by atoms with Crippen LogP contribution in [0.1, 0.15) is 28.7 Å². The summed E-state index contributed by atoms with van der Waals surface area (Å²) in [4.78, 5) is 24.4. The molecule has 1 aromatic carbocycles. The zero-order valence-corrected chi connectivity index (χ0v) is 14.3. The summed E-state index contributed by atoms with van der Waals surface area (Å²) in [6, 6.07) is 4.47. The van der Waals surface area contributed by atoms with E-state index in [1.807, 2.05) is 0 Å². The molecule has 0 amide bonds. The van der Waals surface area contributed by atoms with Crippen LogP contribution in [0.2, 0.25) is 5.02 Å². The maximum Gasteiger partial charge on any atom is 0.204 e. The van der Waals surface area contributed by atoms with Crippen LogP contribution in [-0.4, -0.2) is 34.8 Å². The van der Waals surface area contributed by atoms with Crippen LogP contribution in [0.25, 0.3) is 0 Å². The summed E-state index contributed by atoms with van der Waals surface area (Å²) in [5, 5.41) is 0.348. The first kappa shape index (κ1) is 17.4. The highest BCUT2D eigenvalue weighted by molar-refractivity contribution is 6.30. The number of Topliss-reactive ketones (excluding diaryl/α,β-unsaturated/α-hetero) is 1. The molecule has 0 unspecified atom stereocenters. The van der Waals surface area contributed by atoms with Crippen molar-refractivity contribution in [2.75, 3.05) is 13.2 Å². The molecule has 130 valence electrons. The minimum absolute atomic E-state index is 0.0328. The number of rotatable bonds is 4. The Hall–Kier alpha value is -2.38. The van der Waals surface area contributed by atoms with E-state index >= 15 is 0 Å². The first-order chi connectivity index (χ1) is 11.9. The van der Waals surface area contributed by atoms with Crippen molar-refractivity contribution in [3.63, 3.8) is 0 Å². The average molecular weight is 363 g/mol. The summed E-state index contributed by atoms with van der Waals surface area (Å²) in [7, 11) is 0. The Morgan fingerprint density at radius 1 is 1.40 bits per heavy atom. The standard InChI is InChI=1S/C17H16ClFN4O2/c1-17(9-25-8-15(20)23-17)12-4-10(2-3-13(12)19)5-14(24)16-21-6-11(18)7-22-16/h2-4,6-7H,5,8-9H2,1H3,(H2,20,23)/t17-/m0/s1. The Morgan fingerprint density at radius 2 is 2.12 bits per heavy atom. The Balaban J connectivity index is 1.88. The second-order valence-electron chi connectivity index (χ2n) is 6.01. The van der Waals surface area contributed by atoms with Crippen LogP contribution in [0.5, 0.6) is 0 Å². The molecule has 0 saturated heterocycles. The molecule has 2 aromatic rings. The molecule has 8 heteroatoms. The van der Waals surface area contributed by atoms with E-state index in [4.69, 9.17) is 22.1 Å². The van der Waals surface area contributed by atoms with Crippen LogP contribution < -0.4 is 5.73 Å². The summed E-state index contributed by atoms with van der Waals surface area (Å²) in [5.74, 6) is -0.347. The Labute approximate surface area is 148 Å². The summed E-state index contributed by atoms with van der Waals surface area (Å²) in [6.07, 6.45) is 2.75. The second-order valence-corrected chi connectivity index (χ2v) is 6.45. The summed E-state index contributed by atoms with van der Waals surface area (Å²) < 4.78 is 19.7. The Bertz CT molecular complexity index is 841. The first-order valence-corrected chi connectivity index (χ1v) is 7.97. The summed E-state index contributed by atoms with van der Waals surface area (Å²) in [6.45, 7) is 2.18. The third-order valence-electron chi connectivity index (χ3n) is 3.87. The lowest BCUT2D eigenvalue weighted by Crippen LogP contribution is -2.38. The Kier molecular flexibility index (Phi) is 4.78. The zero-order chi connectivity index (χ0) is 18.0. The van der Waals surface area contributed by atoms with Crippen LogP contribution in [-0.2, 0) is 16.7 Å². The minimum atomic E-state index is -0.928. The number of nitrogens with two attached hydrogens (primary N) is 1. The molecule has 1 atom stereocenters. The fraction of sp³-hybridized carbons (Fsp3) is 0.294. The van der Waals surface area contributed by atoms with Gasteiger partial charge in [-0.1, -0.05) is 17.7 Å². The average Bonchev–Trinajstić information content (AvgIpc) is 2.57. The number of aromatic nitrogens is 2. The van der Waals surface area contributed by atoms with Crippen molar-refractivity contribution in [3.05, 3.63) is 58.4 Å². The van der Waals surface area contributed by atoms with Crippen LogP contribution in [0, 0.1) is 5.82 Å². The van der Waals surface area contributed by atoms with Gasteiger partial charge in [-0.05, 0) is 24.6 Å². The van der Waals surface area contributed by atoms with E-state index in [-0.39, 0.29) is 31.2 Å². The maximum atomic E-state index is 14.3. The van der Waals surface area contributed by atoms with Gasteiger partial charge in [-0.25, -0.2) is 14.4 Å². The minimum Gasteiger partial charge on any atom is -0.386 e. The molecule has 0 saturated carbocycles. The van der Waals surface area contributed by atoms with Gasteiger partial charge in [0.2, 0.25) is 5.78 Å². The van der Waals surface area contributed by atoms with Crippen LogP contribution in [0.3, 0.4) is 0 Å². The number of ketones is 1. The lowest BCUT2D eigenvalue weighted by molar-refractivity contribution is 0.0982. The molecular formula is C17H16ClFN4O2. The van der Waals surface area contributed by atoms with Crippen molar-refractivity contribution < 1.29 is 13.9 Å². The third kappa shape index (κ3) is 3.83. The highest BCUT2D eigenvalue weighted by Crippen LogP contribution is 2.31. The monoisotopic (exact) mass is 362 g/mol. The number of amidine groups is 1. The lowest BCUT2D eigenvalue weighted by atomic mass is 9.90. The molecular weight excluding hydrogens is 347 g/mol. The van der Waals surface area contributed by atoms with E-state index in [0.717, 1.165) is 0 Å². The number of hydrogen-bond donors (Lipinski definition) is 1. The van der Waals surface area contributed by atoms with Crippen LogP contribution in [0.15, 0.2) is 35.6 Å². The largest absolute Gasteiger partial charge is 0.386 e. The molecule has 0 spiro atoms. The number of nitrogens with zero attached hydrogens (tertiary/aromatic N) is 3. The van der Waals surface area contributed by atoms with Gasteiger partial charge in [-0.2, -0.15) is 0 Å². The van der Waals surface area contributed by atoms with Gasteiger partial charge in [0.1, 0.15) is 23.8 Å².